The van der Waals surface area contributed by atoms with Crippen molar-refractivity contribution in [2.24, 2.45) is 0 Å². The van der Waals surface area contributed by atoms with Crippen LogP contribution in [0.5, 0.6) is 0 Å². The zero-order valence-electron chi connectivity index (χ0n) is 13.9. The number of carbonyl (C=O) groups excluding carboxylic acids is 1. The van der Waals surface area contributed by atoms with E-state index < -0.39 is 10.0 Å². The fourth-order valence-corrected chi connectivity index (χ4v) is 3.43. The van der Waals surface area contributed by atoms with E-state index >= 15 is 0 Å². The molecule has 0 unspecified atom stereocenters. The summed E-state index contributed by atoms with van der Waals surface area (Å²) < 4.78 is 29.6. The summed E-state index contributed by atoms with van der Waals surface area (Å²) in [7, 11) is -1.99. The number of rotatable bonds is 8. The van der Waals surface area contributed by atoms with Gasteiger partial charge in [0.2, 0.25) is 10.0 Å². The lowest BCUT2D eigenvalue weighted by Gasteiger charge is -2.18. The summed E-state index contributed by atoms with van der Waals surface area (Å²) in [5.41, 5.74) is 0.620. The van der Waals surface area contributed by atoms with Crippen LogP contribution in [0.25, 0.3) is 0 Å². The van der Waals surface area contributed by atoms with E-state index in [2.05, 4.69) is 5.32 Å². The summed E-state index contributed by atoms with van der Waals surface area (Å²) in [4.78, 5) is 12.3. The SMILES string of the molecule is CN(c1ccc(Cl)c(C(=O)NCCSCc2ccco2)c1)S(C)(=O)=O. The van der Waals surface area contributed by atoms with Gasteiger partial charge in [-0.2, -0.15) is 11.8 Å². The molecule has 0 aliphatic carbocycles. The van der Waals surface area contributed by atoms with Crippen molar-refractivity contribution in [3.63, 3.8) is 0 Å². The molecule has 0 aliphatic heterocycles. The third-order valence-corrected chi connectivity index (χ3v) is 5.93. The van der Waals surface area contributed by atoms with Crippen molar-refractivity contribution in [3.05, 3.63) is 52.9 Å². The largest absolute Gasteiger partial charge is 0.468 e. The van der Waals surface area contributed by atoms with Crippen molar-refractivity contribution in [3.8, 4) is 0 Å². The lowest BCUT2D eigenvalue weighted by atomic mass is 10.2. The van der Waals surface area contributed by atoms with Crippen LogP contribution in [-0.4, -0.2) is 39.9 Å². The molecule has 0 radical (unpaired) electrons. The van der Waals surface area contributed by atoms with E-state index in [0.717, 1.165) is 22.1 Å². The van der Waals surface area contributed by atoms with E-state index in [1.807, 2.05) is 12.1 Å². The zero-order chi connectivity index (χ0) is 18.4. The first kappa shape index (κ1) is 19.7. The number of nitrogens with zero attached hydrogens (tertiary/aromatic N) is 1. The lowest BCUT2D eigenvalue weighted by molar-refractivity contribution is 0.0956. The molecule has 1 amide bonds. The number of halogens is 1. The van der Waals surface area contributed by atoms with Crippen molar-refractivity contribution >= 4 is 45.0 Å². The molecule has 1 heterocycles. The third-order valence-electron chi connectivity index (χ3n) is 3.41. The average molecular weight is 403 g/mol. The maximum Gasteiger partial charge on any atom is 0.252 e. The van der Waals surface area contributed by atoms with Crippen LogP contribution in [0.1, 0.15) is 16.1 Å². The van der Waals surface area contributed by atoms with Gasteiger partial charge < -0.3 is 9.73 Å². The molecule has 1 aromatic heterocycles. The molecule has 6 nitrogen and oxygen atoms in total. The maximum absolute atomic E-state index is 12.3. The molecule has 0 spiro atoms. The highest BCUT2D eigenvalue weighted by Gasteiger charge is 2.16. The van der Waals surface area contributed by atoms with Crippen molar-refractivity contribution in [1.29, 1.82) is 0 Å². The number of nitrogens with one attached hydrogen (secondary N) is 1. The molecule has 0 fully saturated rings. The third kappa shape index (κ3) is 5.69. The minimum Gasteiger partial charge on any atom is -0.468 e. The monoisotopic (exact) mass is 402 g/mol. The second-order valence-electron chi connectivity index (χ2n) is 5.28. The fraction of sp³-hybridized carbons (Fsp3) is 0.312. The van der Waals surface area contributed by atoms with E-state index in [4.69, 9.17) is 16.0 Å². The number of amides is 1. The Morgan fingerprint density at radius 3 is 2.76 bits per heavy atom. The summed E-state index contributed by atoms with van der Waals surface area (Å²) in [6.45, 7) is 0.465. The summed E-state index contributed by atoms with van der Waals surface area (Å²) in [5.74, 6) is 1.99. The van der Waals surface area contributed by atoms with Crippen LogP contribution in [0.2, 0.25) is 5.02 Å². The Bertz CT molecular complexity index is 823. The van der Waals surface area contributed by atoms with E-state index in [-0.39, 0.29) is 16.5 Å². The van der Waals surface area contributed by atoms with Gasteiger partial charge in [0.05, 0.1) is 34.5 Å². The molecule has 25 heavy (non-hydrogen) atoms. The van der Waals surface area contributed by atoms with Gasteiger partial charge in [-0.1, -0.05) is 11.6 Å². The van der Waals surface area contributed by atoms with Crippen LogP contribution >= 0.6 is 23.4 Å². The van der Waals surface area contributed by atoms with Crippen LogP contribution in [0.15, 0.2) is 41.0 Å². The Kier molecular flexibility index (Phi) is 6.80. The van der Waals surface area contributed by atoms with E-state index in [0.29, 0.717) is 18.0 Å². The predicted octanol–water partition coefficient (Wildman–Crippen LogP) is 2.99. The number of hydrogen-bond donors (Lipinski definition) is 1. The molecule has 2 rings (SSSR count). The van der Waals surface area contributed by atoms with Crippen molar-refractivity contribution in [2.75, 3.05) is 29.9 Å². The number of sulfonamides is 1. The van der Waals surface area contributed by atoms with Crippen LogP contribution < -0.4 is 9.62 Å². The fourth-order valence-electron chi connectivity index (χ4n) is 1.97. The highest BCUT2D eigenvalue weighted by atomic mass is 35.5. The summed E-state index contributed by atoms with van der Waals surface area (Å²) in [6, 6.07) is 8.27. The molecule has 1 N–H and O–H groups in total. The van der Waals surface area contributed by atoms with Crippen LogP contribution in [0.4, 0.5) is 5.69 Å². The van der Waals surface area contributed by atoms with Crippen molar-refractivity contribution in [2.45, 2.75) is 5.75 Å². The molecule has 0 aliphatic rings. The second kappa shape index (κ2) is 8.64. The maximum atomic E-state index is 12.3. The average Bonchev–Trinajstić information content (AvgIpc) is 3.06. The smallest absolute Gasteiger partial charge is 0.252 e. The molecule has 2 aromatic rings. The quantitative estimate of drug-likeness (QED) is 0.686. The lowest BCUT2D eigenvalue weighted by Crippen LogP contribution is -2.28. The molecule has 9 heteroatoms. The van der Waals surface area contributed by atoms with Crippen LogP contribution in [0.3, 0.4) is 0 Å². The van der Waals surface area contributed by atoms with Crippen LogP contribution in [0, 0.1) is 0 Å². The Balaban J connectivity index is 1.92. The van der Waals surface area contributed by atoms with Gasteiger partial charge in [-0.05, 0) is 30.3 Å². The van der Waals surface area contributed by atoms with Gasteiger partial charge in [0.25, 0.3) is 5.91 Å². The second-order valence-corrected chi connectivity index (χ2v) is 8.81. The number of benzene rings is 1. The number of hydrogen-bond acceptors (Lipinski definition) is 5. The molecule has 0 saturated heterocycles. The number of furan rings is 1. The first-order chi connectivity index (χ1) is 11.8. The minimum atomic E-state index is -3.41. The molecular formula is C16H19ClN2O4S2. The van der Waals surface area contributed by atoms with E-state index in [1.165, 1.54) is 19.2 Å². The van der Waals surface area contributed by atoms with Gasteiger partial charge in [0.15, 0.2) is 0 Å². The van der Waals surface area contributed by atoms with Gasteiger partial charge in [-0.15, -0.1) is 0 Å². The van der Waals surface area contributed by atoms with Gasteiger partial charge in [0.1, 0.15) is 5.76 Å². The topological polar surface area (TPSA) is 79.6 Å². The summed E-state index contributed by atoms with van der Waals surface area (Å²) in [6.07, 6.45) is 2.72. The Morgan fingerprint density at radius 1 is 1.36 bits per heavy atom. The molecule has 0 saturated carbocycles. The van der Waals surface area contributed by atoms with Gasteiger partial charge in [0, 0.05) is 19.3 Å². The Labute approximate surface area is 156 Å². The number of carbonyl (C=O) groups is 1. The van der Waals surface area contributed by atoms with Crippen molar-refractivity contribution < 1.29 is 17.6 Å². The van der Waals surface area contributed by atoms with Gasteiger partial charge >= 0.3 is 0 Å². The Hall–Kier alpha value is -1.64. The highest BCUT2D eigenvalue weighted by molar-refractivity contribution is 7.98. The molecule has 0 bridgehead atoms. The van der Waals surface area contributed by atoms with Gasteiger partial charge in [-0.25, -0.2) is 8.42 Å². The highest BCUT2D eigenvalue weighted by Crippen LogP contribution is 2.24. The minimum absolute atomic E-state index is 0.241. The molecule has 136 valence electrons. The number of anilines is 1. The Morgan fingerprint density at radius 2 is 2.12 bits per heavy atom. The standard InChI is InChI=1S/C16H19ClN2O4S2/c1-19(25(2,21)22)12-5-6-15(17)14(10-12)16(20)18-7-9-24-11-13-4-3-8-23-13/h3-6,8,10H,7,9,11H2,1-2H3,(H,18,20). The molecular weight excluding hydrogens is 384 g/mol. The predicted molar refractivity (Wildman–Crippen MR) is 102 cm³/mol. The molecule has 0 atom stereocenters. The summed E-state index contributed by atoms with van der Waals surface area (Å²) >= 11 is 7.71. The van der Waals surface area contributed by atoms with E-state index in [9.17, 15) is 13.2 Å². The van der Waals surface area contributed by atoms with Crippen LogP contribution in [-0.2, 0) is 15.8 Å². The summed E-state index contributed by atoms with van der Waals surface area (Å²) in [5, 5.41) is 3.05. The first-order valence-corrected chi connectivity index (χ1v) is 10.8. The van der Waals surface area contributed by atoms with E-state index in [1.54, 1.807) is 24.1 Å². The zero-order valence-corrected chi connectivity index (χ0v) is 16.2. The van der Waals surface area contributed by atoms with Gasteiger partial charge in [-0.3, -0.25) is 9.10 Å². The van der Waals surface area contributed by atoms with Crippen molar-refractivity contribution in [1.82, 2.24) is 5.32 Å². The normalized spacial score (nSPS) is 11.3. The first-order valence-electron chi connectivity index (χ1n) is 7.41. The molecule has 1 aromatic carbocycles. The number of thioether (sulfide) groups is 1.